The molecule has 0 heterocycles. The van der Waals surface area contributed by atoms with Crippen LogP contribution in [0.3, 0.4) is 0 Å². The Kier molecular flexibility index (Phi) is 6.67. The molecule has 18 heavy (non-hydrogen) atoms. The predicted octanol–water partition coefficient (Wildman–Crippen LogP) is 4.52. The molecular formula is C15H22N2S. The zero-order valence-corrected chi connectivity index (χ0v) is 12.3. The summed E-state index contributed by atoms with van der Waals surface area (Å²) < 4.78 is 0. The van der Waals surface area contributed by atoms with E-state index in [1.807, 2.05) is 24.5 Å². The first-order valence-corrected chi connectivity index (χ1v) is 7.72. The van der Waals surface area contributed by atoms with Gasteiger partial charge in [-0.1, -0.05) is 32.8 Å². The number of hydrogen-bond acceptors (Lipinski definition) is 3. The third kappa shape index (κ3) is 4.62. The molecule has 0 bridgehead atoms. The van der Waals surface area contributed by atoms with Crippen molar-refractivity contribution in [3.8, 4) is 6.07 Å². The SMILES string of the molecule is CSc1cccc(NCCCCC(C)C)c1C#N. The Labute approximate surface area is 115 Å². The molecule has 1 N–H and O–H groups in total. The molecule has 0 spiro atoms. The molecule has 0 aliphatic carbocycles. The average molecular weight is 262 g/mol. The summed E-state index contributed by atoms with van der Waals surface area (Å²) in [6.07, 6.45) is 5.68. The molecule has 1 rings (SSSR count). The second-order valence-electron chi connectivity index (χ2n) is 4.81. The van der Waals surface area contributed by atoms with Crippen LogP contribution in [0.25, 0.3) is 0 Å². The van der Waals surface area contributed by atoms with Gasteiger partial charge < -0.3 is 5.32 Å². The summed E-state index contributed by atoms with van der Waals surface area (Å²) in [5.74, 6) is 0.777. The van der Waals surface area contributed by atoms with Gasteiger partial charge in [0.2, 0.25) is 0 Å². The molecule has 1 aromatic carbocycles. The van der Waals surface area contributed by atoms with Gasteiger partial charge in [-0.15, -0.1) is 11.8 Å². The summed E-state index contributed by atoms with van der Waals surface area (Å²) in [6, 6.07) is 8.27. The van der Waals surface area contributed by atoms with Crippen molar-refractivity contribution in [1.82, 2.24) is 0 Å². The van der Waals surface area contributed by atoms with Crippen LogP contribution in [-0.4, -0.2) is 12.8 Å². The van der Waals surface area contributed by atoms with Crippen molar-refractivity contribution >= 4 is 17.4 Å². The Bertz CT molecular complexity index is 407. The zero-order chi connectivity index (χ0) is 13.4. The number of unbranched alkanes of at least 4 members (excludes halogenated alkanes) is 1. The molecule has 0 radical (unpaired) electrons. The summed E-state index contributed by atoms with van der Waals surface area (Å²) in [6.45, 7) is 5.45. The Morgan fingerprint density at radius 2 is 2.11 bits per heavy atom. The van der Waals surface area contributed by atoms with Crippen LogP contribution in [0.15, 0.2) is 23.1 Å². The molecule has 0 atom stereocenters. The third-order valence-corrected chi connectivity index (χ3v) is 3.66. The molecule has 1 aromatic rings. The summed E-state index contributed by atoms with van der Waals surface area (Å²) in [7, 11) is 0. The van der Waals surface area contributed by atoms with Crippen molar-refractivity contribution in [2.45, 2.75) is 38.0 Å². The highest BCUT2D eigenvalue weighted by Gasteiger charge is 2.06. The van der Waals surface area contributed by atoms with Crippen molar-refractivity contribution in [2.24, 2.45) is 5.92 Å². The average Bonchev–Trinajstić information content (AvgIpc) is 2.37. The maximum absolute atomic E-state index is 9.20. The summed E-state index contributed by atoms with van der Waals surface area (Å²) in [5, 5.41) is 12.6. The number of thioether (sulfide) groups is 1. The minimum absolute atomic E-state index is 0.772. The zero-order valence-electron chi connectivity index (χ0n) is 11.5. The van der Waals surface area contributed by atoms with Crippen LogP contribution in [0.5, 0.6) is 0 Å². The molecule has 2 nitrogen and oxygen atoms in total. The lowest BCUT2D eigenvalue weighted by Gasteiger charge is -2.10. The van der Waals surface area contributed by atoms with Gasteiger partial charge in [0.1, 0.15) is 6.07 Å². The van der Waals surface area contributed by atoms with Gasteiger partial charge >= 0.3 is 0 Å². The van der Waals surface area contributed by atoms with E-state index in [9.17, 15) is 5.26 Å². The first-order chi connectivity index (χ1) is 8.69. The number of nitriles is 1. The van der Waals surface area contributed by atoms with E-state index in [1.54, 1.807) is 11.8 Å². The highest BCUT2D eigenvalue weighted by molar-refractivity contribution is 7.98. The fourth-order valence-corrected chi connectivity index (χ4v) is 2.44. The van der Waals surface area contributed by atoms with E-state index < -0.39 is 0 Å². The van der Waals surface area contributed by atoms with Gasteiger partial charge in [-0.3, -0.25) is 0 Å². The van der Waals surface area contributed by atoms with E-state index in [4.69, 9.17) is 0 Å². The van der Waals surface area contributed by atoms with E-state index >= 15 is 0 Å². The van der Waals surface area contributed by atoms with Crippen LogP contribution in [-0.2, 0) is 0 Å². The number of rotatable bonds is 7. The Balaban J connectivity index is 2.50. The predicted molar refractivity (Wildman–Crippen MR) is 80.1 cm³/mol. The fourth-order valence-electron chi connectivity index (χ4n) is 1.86. The largest absolute Gasteiger partial charge is 0.384 e. The lowest BCUT2D eigenvalue weighted by Crippen LogP contribution is -2.04. The van der Waals surface area contributed by atoms with Crippen LogP contribution >= 0.6 is 11.8 Å². The van der Waals surface area contributed by atoms with Gasteiger partial charge in [-0.25, -0.2) is 0 Å². The topological polar surface area (TPSA) is 35.8 Å². The van der Waals surface area contributed by atoms with Crippen molar-refractivity contribution in [1.29, 1.82) is 5.26 Å². The lowest BCUT2D eigenvalue weighted by atomic mass is 10.1. The first-order valence-electron chi connectivity index (χ1n) is 6.50. The van der Waals surface area contributed by atoms with Gasteiger partial charge in [-0.2, -0.15) is 5.26 Å². The first kappa shape index (κ1) is 14.9. The Morgan fingerprint density at radius 1 is 1.33 bits per heavy atom. The van der Waals surface area contributed by atoms with E-state index in [2.05, 4.69) is 25.2 Å². The molecule has 0 aliphatic heterocycles. The van der Waals surface area contributed by atoms with Crippen LogP contribution in [0.1, 0.15) is 38.7 Å². The molecular weight excluding hydrogens is 240 g/mol. The second-order valence-corrected chi connectivity index (χ2v) is 5.66. The van der Waals surface area contributed by atoms with Crippen LogP contribution < -0.4 is 5.32 Å². The molecule has 0 saturated heterocycles. The Morgan fingerprint density at radius 3 is 2.72 bits per heavy atom. The minimum Gasteiger partial charge on any atom is -0.384 e. The Hall–Kier alpha value is -1.14. The second kappa shape index (κ2) is 8.05. The van der Waals surface area contributed by atoms with Gasteiger partial charge in [0, 0.05) is 11.4 Å². The maximum atomic E-state index is 9.20. The van der Waals surface area contributed by atoms with Gasteiger partial charge in [0.15, 0.2) is 0 Å². The van der Waals surface area contributed by atoms with Crippen molar-refractivity contribution in [3.05, 3.63) is 23.8 Å². The number of nitrogens with zero attached hydrogens (tertiary/aromatic N) is 1. The van der Waals surface area contributed by atoms with E-state index in [-0.39, 0.29) is 0 Å². The van der Waals surface area contributed by atoms with Crippen LogP contribution in [0.2, 0.25) is 0 Å². The van der Waals surface area contributed by atoms with Crippen molar-refractivity contribution in [2.75, 3.05) is 18.1 Å². The molecule has 0 aliphatic rings. The highest BCUT2D eigenvalue weighted by Crippen LogP contribution is 2.26. The monoisotopic (exact) mass is 262 g/mol. The van der Waals surface area contributed by atoms with Crippen LogP contribution in [0, 0.1) is 17.2 Å². The number of benzene rings is 1. The van der Waals surface area contributed by atoms with Crippen molar-refractivity contribution < 1.29 is 0 Å². The summed E-state index contributed by atoms with van der Waals surface area (Å²) in [4.78, 5) is 1.05. The van der Waals surface area contributed by atoms with E-state index in [1.165, 1.54) is 12.8 Å². The number of anilines is 1. The highest BCUT2D eigenvalue weighted by atomic mass is 32.2. The third-order valence-electron chi connectivity index (χ3n) is 2.88. The lowest BCUT2D eigenvalue weighted by molar-refractivity contribution is 0.545. The van der Waals surface area contributed by atoms with E-state index in [0.29, 0.717) is 0 Å². The minimum atomic E-state index is 0.772. The van der Waals surface area contributed by atoms with Gasteiger partial charge in [0.25, 0.3) is 0 Å². The smallest absolute Gasteiger partial charge is 0.102 e. The molecule has 3 heteroatoms. The number of hydrogen-bond donors (Lipinski definition) is 1. The van der Waals surface area contributed by atoms with Crippen molar-refractivity contribution in [3.63, 3.8) is 0 Å². The van der Waals surface area contributed by atoms with E-state index in [0.717, 1.165) is 35.0 Å². The van der Waals surface area contributed by atoms with Gasteiger partial charge in [0.05, 0.1) is 11.3 Å². The number of nitrogens with one attached hydrogen (secondary N) is 1. The molecule has 98 valence electrons. The molecule has 0 fully saturated rings. The normalized spacial score (nSPS) is 10.4. The van der Waals surface area contributed by atoms with Gasteiger partial charge in [-0.05, 0) is 30.7 Å². The molecule has 0 unspecified atom stereocenters. The summed E-state index contributed by atoms with van der Waals surface area (Å²) >= 11 is 1.62. The summed E-state index contributed by atoms with van der Waals surface area (Å²) in [5.41, 5.74) is 1.74. The maximum Gasteiger partial charge on any atom is 0.102 e. The van der Waals surface area contributed by atoms with Crippen LogP contribution in [0.4, 0.5) is 5.69 Å². The fraction of sp³-hybridized carbons (Fsp3) is 0.533. The molecule has 0 saturated carbocycles. The standard InChI is InChI=1S/C15H22N2S/c1-12(2)7-4-5-10-17-14-8-6-9-15(18-3)13(14)11-16/h6,8-9,12,17H,4-5,7,10H2,1-3H3. The molecule has 0 aromatic heterocycles. The molecule has 0 amide bonds. The quantitative estimate of drug-likeness (QED) is 0.580.